The number of para-hydroxylation sites is 4. The van der Waals surface area contributed by atoms with Crippen LogP contribution in [0.5, 0.6) is 0 Å². The van der Waals surface area contributed by atoms with Crippen molar-refractivity contribution in [3.05, 3.63) is 157 Å². The Balaban J connectivity index is 0.000000140. The first kappa shape index (κ1) is 48.8. The summed E-state index contributed by atoms with van der Waals surface area (Å²) >= 11 is 3.57. The topological polar surface area (TPSA) is 65.2 Å². The summed E-state index contributed by atoms with van der Waals surface area (Å²) in [6, 6.07) is 51.1. The molecule has 3 fully saturated rings. The molecule has 0 amide bonds. The Kier molecular flexibility index (Phi) is 12.9. The van der Waals surface area contributed by atoms with Crippen LogP contribution in [0.1, 0.15) is 83.1 Å². The fraction of sp³-hybridized carbons (Fsp3) is 0.327. The van der Waals surface area contributed by atoms with Gasteiger partial charge in [0.1, 0.15) is 0 Å². The summed E-state index contributed by atoms with van der Waals surface area (Å²) in [4.78, 5) is 0. The minimum absolute atomic E-state index is 0. The molecule has 3 aliphatic rings. The van der Waals surface area contributed by atoms with Crippen LogP contribution < -0.4 is 5.46 Å². The number of fused-ring (bicyclic) bond motifs is 6. The highest BCUT2D eigenvalue weighted by Crippen LogP contribution is 2.43. The van der Waals surface area contributed by atoms with Crippen LogP contribution in [0.25, 0.3) is 55.0 Å². The lowest BCUT2D eigenvalue weighted by Crippen LogP contribution is -2.41. The highest BCUT2D eigenvalue weighted by molar-refractivity contribution is 9.10. The lowest BCUT2D eigenvalue weighted by molar-refractivity contribution is 0.00578. The van der Waals surface area contributed by atoms with Crippen molar-refractivity contribution < 1.29 is 27.9 Å². The molecule has 0 spiro atoms. The zero-order chi connectivity index (χ0) is 47.0. The molecule has 2 aromatic heterocycles. The summed E-state index contributed by atoms with van der Waals surface area (Å²) < 4.78 is 42.1. The third-order valence-electron chi connectivity index (χ3n) is 14.7. The molecule has 3 aliphatic heterocycles. The van der Waals surface area contributed by atoms with Gasteiger partial charge in [-0.3, -0.25) is 0 Å². The van der Waals surface area contributed by atoms with Gasteiger partial charge in [-0.25, -0.2) is 0 Å². The average molecular weight is 960 g/mol. The maximum absolute atomic E-state index is 6.27. The predicted molar refractivity (Wildman–Crippen MR) is 284 cm³/mol. The Morgan fingerprint density at radius 2 is 0.687 bits per heavy atom. The van der Waals surface area contributed by atoms with Gasteiger partial charge in [-0.1, -0.05) is 101 Å². The fourth-order valence-corrected chi connectivity index (χ4v) is 9.13. The number of benzene rings is 6. The Morgan fingerprint density at radius 3 is 1.10 bits per heavy atom. The number of hydrogen-bond donors (Lipinski definition) is 0. The summed E-state index contributed by atoms with van der Waals surface area (Å²) in [7, 11) is -1.31. The summed E-state index contributed by atoms with van der Waals surface area (Å²) in [5, 5.41) is 5.01. The van der Waals surface area contributed by atoms with E-state index in [2.05, 4.69) is 186 Å². The molecule has 0 radical (unpaired) electrons. The number of hydrogen-bond acceptors (Lipinski definition) is 6. The molecule has 12 heteroatoms. The van der Waals surface area contributed by atoms with Crippen LogP contribution in [0.15, 0.2) is 150 Å². The minimum Gasteiger partial charge on any atom is -0.405 e. The minimum atomic E-state index is -0.476. The third kappa shape index (κ3) is 8.84. The van der Waals surface area contributed by atoms with E-state index in [1.807, 2.05) is 67.5 Å². The molecule has 8 aromatic rings. The monoisotopic (exact) mass is 959 g/mol. The van der Waals surface area contributed by atoms with Crippen LogP contribution >= 0.6 is 15.9 Å². The third-order valence-corrected chi connectivity index (χ3v) is 15.1. The molecule has 0 aliphatic carbocycles. The van der Waals surface area contributed by atoms with E-state index in [9.17, 15) is 0 Å². The first-order valence-electron chi connectivity index (χ1n) is 23.0. The maximum atomic E-state index is 6.27. The quantitative estimate of drug-likeness (QED) is 0.129. The number of nitrogens with zero attached hydrogens (tertiary/aromatic N) is 2. The van der Waals surface area contributed by atoms with Crippen LogP contribution in [0.4, 0.5) is 0 Å². The standard InChI is InChI=1S/C24H24BNO2.C18H12BrN.C12H24B2O4.CH3/c1-23(2)24(3,4)28-25(27-23)17-14-15-22-20(16-17)19-12-8-9-13-21(19)26(22)18-10-6-5-7-11-18;19-13-10-11-18-16(12-13)15-8-4-5-9-17(15)20(18)14-6-2-1-3-7-14;1-9(2)10(3,4)16-13(15-9)14-17-11(5,6)12(7,8)18-14;/h5-16H,1-4H3;1-12H;1-8H3;1H3/q;;;-1. The second-order valence-corrected chi connectivity index (χ2v) is 21.6. The predicted octanol–water partition coefficient (Wildman–Crippen LogP) is 13.3. The van der Waals surface area contributed by atoms with E-state index >= 15 is 0 Å². The molecule has 0 unspecified atom stereocenters. The van der Waals surface area contributed by atoms with Gasteiger partial charge >= 0.3 is 21.1 Å². The Labute approximate surface area is 406 Å². The van der Waals surface area contributed by atoms with Crippen molar-refractivity contribution in [2.24, 2.45) is 0 Å². The van der Waals surface area contributed by atoms with Crippen LogP contribution in [-0.2, 0) is 27.9 Å². The molecule has 3 saturated heterocycles. The van der Waals surface area contributed by atoms with Gasteiger partial charge in [0.05, 0.1) is 55.7 Å². The molecule has 0 N–H and O–H groups in total. The van der Waals surface area contributed by atoms with E-state index in [-0.39, 0.29) is 48.2 Å². The van der Waals surface area contributed by atoms with Crippen molar-refractivity contribution in [2.75, 3.05) is 0 Å². The summed E-state index contributed by atoms with van der Waals surface area (Å²) in [5.74, 6) is 0. The van der Waals surface area contributed by atoms with E-state index < -0.39 is 14.0 Å². The largest absolute Gasteiger partial charge is 0.494 e. The average Bonchev–Trinajstić information content (AvgIpc) is 3.98. The van der Waals surface area contributed by atoms with Crippen molar-refractivity contribution in [3.63, 3.8) is 0 Å². The molecular formula is C55H63B3BrN2O6-. The number of aromatic nitrogens is 2. The molecule has 8 nitrogen and oxygen atoms in total. The maximum Gasteiger partial charge on any atom is 0.494 e. The summed E-state index contributed by atoms with van der Waals surface area (Å²) in [6.07, 6.45) is 0. The Morgan fingerprint density at radius 1 is 0.358 bits per heavy atom. The second-order valence-electron chi connectivity index (χ2n) is 20.7. The van der Waals surface area contributed by atoms with Gasteiger partial charge in [0.2, 0.25) is 0 Å². The normalized spacial score (nSPS) is 19.6. The first-order chi connectivity index (χ1) is 31.1. The van der Waals surface area contributed by atoms with E-state index in [4.69, 9.17) is 27.9 Å². The van der Waals surface area contributed by atoms with E-state index in [1.54, 1.807) is 0 Å². The highest BCUT2D eigenvalue weighted by atomic mass is 79.9. The van der Waals surface area contributed by atoms with Crippen molar-refractivity contribution in [3.8, 4) is 11.4 Å². The van der Waals surface area contributed by atoms with Gasteiger partial charge in [-0.2, -0.15) is 0 Å². The molecule has 0 bridgehead atoms. The van der Waals surface area contributed by atoms with Crippen LogP contribution in [0, 0.1) is 7.43 Å². The number of rotatable bonds is 4. The van der Waals surface area contributed by atoms with Gasteiger partial charge in [0, 0.05) is 37.4 Å². The van der Waals surface area contributed by atoms with Crippen LogP contribution in [0.3, 0.4) is 0 Å². The molecular weight excluding hydrogens is 897 g/mol. The van der Waals surface area contributed by atoms with Gasteiger partial charge in [0.15, 0.2) is 0 Å². The first-order valence-corrected chi connectivity index (χ1v) is 23.8. The van der Waals surface area contributed by atoms with Crippen molar-refractivity contribution in [2.45, 2.75) is 117 Å². The van der Waals surface area contributed by atoms with E-state index in [0.29, 0.717) is 0 Å². The molecule has 11 rings (SSSR count). The lowest BCUT2D eigenvalue weighted by Gasteiger charge is -2.32. The second kappa shape index (κ2) is 17.7. The Bertz CT molecular complexity index is 2970. The fourth-order valence-electron chi connectivity index (χ4n) is 8.77. The SMILES string of the molecule is Brc1ccc2c(c1)c1ccccc1n2-c1ccccc1.CC1(C)OB(B2OC(C)(C)C(C)(C)O2)OC1(C)C.CC1(C)OB(c2ccc3c(c2)c2ccccc2n3-c2ccccc2)OC1(C)C.[CH3-]. The van der Waals surface area contributed by atoms with Crippen molar-refractivity contribution in [1.82, 2.24) is 9.13 Å². The molecule has 0 saturated carbocycles. The van der Waals surface area contributed by atoms with Crippen LogP contribution in [0.2, 0.25) is 0 Å². The highest BCUT2D eigenvalue weighted by Gasteiger charge is 2.63. The summed E-state index contributed by atoms with van der Waals surface area (Å²) in [5.41, 5.74) is 6.16. The Hall–Kier alpha value is -4.65. The smallest absolute Gasteiger partial charge is 0.405 e. The van der Waals surface area contributed by atoms with Gasteiger partial charge in [-0.05, 0) is 149 Å². The van der Waals surface area contributed by atoms with Gasteiger partial charge < -0.3 is 44.5 Å². The molecule has 6 aromatic carbocycles. The summed E-state index contributed by atoms with van der Waals surface area (Å²) in [6.45, 7) is 24.6. The van der Waals surface area contributed by atoms with Gasteiger partial charge in [-0.15, -0.1) is 0 Å². The van der Waals surface area contributed by atoms with Crippen molar-refractivity contribution >= 4 is 86.1 Å². The van der Waals surface area contributed by atoms with Crippen molar-refractivity contribution in [1.29, 1.82) is 0 Å². The molecule has 0 atom stereocenters. The van der Waals surface area contributed by atoms with Crippen LogP contribution in [-0.4, -0.2) is 63.9 Å². The van der Waals surface area contributed by atoms with E-state index in [0.717, 1.165) is 15.6 Å². The zero-order valence-electron chi connectivity index (χ0n) is 41.3. The lowest BCUT2D eigenvalue weighted by atomic mass is 9.49. The molecule has 67 heavy (non-hydrogen) atoms. The van der Waals surface area contributed by atoms with E-state index in [1.165, 1.54) is 49.3 Å². The number of halogens is 1. The van der Waals surface area contributed by atoms with Gasteiger partial charge in [0.25, 0.3) is 0 Å². The zero-order valence-corrected chi connectivity index (χ0v) is 42.9. The molecule has 346 valence electrons. The molecule has 5 heterocycles.